The molecular formula is C13H21NO. The number of rotatable bonds is 3. The van der Waals surface area contributed by atoms with Crippen molar-refractivity contribution in [1.29, 1.82) is 0 Å². The first-order chi connectivity index (χ1) is 6.80. The highest BCUT2D eigenvalue weighted by atomic mass is 16.5. The molecule has 2 heteroatoms. The minimum atomic E-state index is -0.291. The summed E-state index contributed by atoms with van der Waals surface area (Å²) >= 11 is 0. The van der Waals surface area contributed by atoms with Crippen LogP contribution in [0.4, 0.5) is 0 Å². The van der Waals surface area contributed by atoms with Crippen LogP contribution in [0.1, 0.15) is 38.8 Å². The van der Waals surface area contributed by atoms with Gasteiger partial charge in [-0.3, -0.25) is 0 Å². The maximum Gasteiger partial charge on any atom is 0.122 e. The van der Waals surface area contributed by atoms with E-state index in [1.807, 2.05) is 46.8 Å². The van der Waals surface area contributed by atoms with Crippen molar-refractivity contribution in [3.63, 3.8) is 0 Å². The lowest BCUT2D eigenvalue weighted by Gasteiger charge is -2.21. The molecule has 15 heavy (non-hydrogen) atoms. The largest absolute Gasteiger partial charge is 0.491 e. The number of hydrogen-bond acceptors (Lipinski definition) is 2. The molecule has 0 saturated carbocycles. The third-order valence-electron chi connectivity index (χ3n) is 2.28. The van der Waals surface area contributed by atoms with Gasteiger partial charge in [0, 0.05) is 5.54 Å². The zero-order chi connectivity index (χ0) is 11.6. The van der Waals surface area contributed by atoms with Crippen molar-refractivity contribution >= 4 is 0 Å². The van der Waals surface area contributed by atoms with Gasteiger partial charge in [-0.15, -0.1) is 0 Å². The van der Waals surface area contributed by atoms with Crippen molar-refractivity contribution in [3.05, 3.63) is 29.3 Å². The molecule has 0 fully saturated rings. The Labute approximate surface area is 92.4 Å². The Hall–Kier alpha value is -1.02. The van der Waals surface area contributed by atoms with Crippen LogP contribution in [0.5, 0.6) is 5.75 Å². The molecule has 0 amide bonds. The summed E-state index contributed by atoms with van der Waals surface area (Å²) in [5, 5.41) is 0. The Morgan fingerprint density at radius 1 is 1.27 bits per heavy atom. The van der Waals surface area contributed by atoms with E-state index in [4.69, 9.17) is 10.5 Å². The molecule has 0 heterocycles. The van der Waals surface area contributed by atoms with E-state index < -0.39 is 0 Å². The van der Waals surface area contributed by atoms with Crippen LogP contribution in [0.25, 0.3) is 0 Å². The molecule has 0 spiro atoms. The summed E-state index contributed by atoms with van der Waals surface area (Å²) in [5.74, 6) is 0.943. The van der Waals surface area contributed by atoms with Crippen molar-refractivity contribution in [1.82, 2.24) is 0 Å². The lowest BCUT2D eigenvalue weighted by molar-refractivity contribution is 0.240. The van der Waals surface area contributed by atoms with Gasteiger partial charge in [0.25, 0.3) is 0 Å². The molecule has 0 bridgehead atoms. The first-order valence-electron chi connectivity index (χ1n) is 5.37. The van der Waals surface area contributed by atoms with Crippen molar-refractivity contribution < 1.29 is 4.74 Å². The summed E-state index contributed by atoms with van der Waals surface area (Å²) in [6.45, 7) is 10.1. The monoisotopic (exact) mass is 207 g/mol. The minimum absolute atomic E-state index is 0.209. The molecule has 1 rings (SSSR count). The quantitative estimate of drug-likeness (QED) is 0.827. The predicted octanol–water partition coefficient (Wildman–Crippen LogP) is 2.98. The molecule has 0 radical (unpaired) electrons. The summed E-state index contributed by atoms with van der Waals surface area (Å²) in [6, 6.07) is 6.13. The fraction of sp³-hybridized carbons (Fsp3) is 0.538. The van der Waals surface area contributed by atoms with Crippen molar-refractivity contribution in [3.8, 4) is 5.75 Å². The SMILES string of the molecule is Cc1cc(C(C)(C)N)ccc1OC(C)C. The van der Waals surface area contributed by atoms with Crippen LogP contribution < -0.4 is 10.5 Å². The maximum atomic E-state index is 6.04. The van der Waals surface area contributed by atoms with Gasteiger partial charge in [0.1, 0.15) is 5.75 Å². The highest BCUT2D eigenvalue weighted by Crippen LogP contribution is 2.25. The maximum absolute atomic E-state index is 6.04. The third-order valence-corrected chi connectivity index (χ3v) is 2.28. The van der Waals surface area contributed by atoms with Gasteiger partial charge in [0.2, 0.25) is 0 Å². The van der Waals surface area contributed by atoms with Crippen LogP contribution in [-0.2, 0) is 5.54 Å². The number of nitrogens with two attached hydrogens (primary N) is 1. The van der Waals surface area contributed by atoms with Crippen LogP contribution in [0.3, 0.4) is 0 Å². The van der Waals surface area contributed by atoms with E-state index in [1.54, 1.807) is 0 Å². The minimum Gasteiger partial charge on any atom is -0.491 e. The van der Waals surface area contributed by atoms with Crippen molar-refractivity contribution in [2.75, 3.05) is 0 Å². The van der Waals surface area contributed by atoms with Crippen molar-refractivity contribution in [2.45, 2.75) is 46.3 Å². The van der Waals surface area contributed by atoms with E-state index in [1.165, 1.54) is 0 Å². The van der Waals surface area contributed by atoms with Gasteiger partial charge >= 0.3 is 0 Å². The van der Waals surface area contributed by atoms with E-state index in [9.17, 15) is 0 Å². The smallest absolute Gasteiger partial charge is 0.122 e. The Kier molecular flexibility index (Phi) is 3.40. The second kappa shape index (κ2) is 4.23. The predicted molar refractivity (Wildman–Crippen MR) is 64.2 cm³/mol. The van der Waals surface area contributed by atoms with Crippen LogP contribution >= 0.6 is 0 Å². The zero-order valence-corrected chi connectivity index (χ0v) is 10.3. The van der Waals surface area contributed by atoms with Gasteiger partial charge in [-0.05, 0) is 51.8 Å². The average Bonchev–Trinajstić information content (AvgIpc) is 2.05. The van der Waals surface area contributed by atoms with Gasteiger partial charge in [-0.2, -0.15) is 0 Å². The average molecular weight is 207 g/mol. The summed E-state index contributed by atoms with van der Waals surface area (Å²) in [7, 11) is 0. The molecule has 1 aromatic carbocycles. The van der Waals surface area contributed by atoms with E-state index >= 15 is 0 Å². The third kappa shape index (κ3) is 3.24. The van der Waals surface area contributed by atoms with Gasteiger partial charge in [-0.25, -0.2) is 0 Å². The Morgan fingerprint density at radius 3 is 2.27 bits per heavy atom. The lowest BCUT2D eigenvalue weighted by Crippen LogP contribution is -2.28. The van der Waals surface area contributed by atoms with Crippen LogP contribution in [0.2, 0.25) is 0 Å². The fourth-order valence-electron chi connectivity index (χ4n) is 1.44. The van der Waals surface area contributed by atoms with E-state index in [0.29, 0.717) is 0 Å². The van der Waals surface area contributed by atoms with Crippen molar-refractivity contribution in [2.24, 2.45) is 5.73 Å². The zero-order valence-electron chi connectivity index (χ0n) is 10.3. The molecule has 1 aromatic rings. The molecule has 0 aliphatic carbocycles. The summed E-state index contributed by atoms with van der Waals surface area (Å²) < 4.78 is 5.67. The molecule has 2 N–H and O–H groups in total. The molecule has 84 valence electrons. The van der Waals surface area contributed by atoms with E-state index in [0.717, 1.165) is 16.9 Å². The first-order valence-corrected chi connectivity index (χ1v) is 5.37. The molecular weight excluding hydrogens is 186 g/mol. The van der Waals surface area contributed by atoms with Gasteiger partial charge in [-0.1, -0.05) is 12.1 Å². The number of benzene rings is 1. The first kappa shape index (κ1) is 12.1. The lowest BCUT2D eigenvalue weighted by atomic mass is 9.94. The normalized spacial score (nSPS) is 11.9. The summed E-state index contributed by atoms with van der Waals surface area (Å²) in [5.41, 5.74) is 8.02. The highest BCUT2D eigenvalue weighted by molar-refractivity contribution is 5.38. The number of aryl methyl sites for hydroxylation is 1. The van der Waals surface area contributed by atoms with Gasteiger partial charge in [0.05, 0.1) is 6.10 Å². The standard InChI is InChI=1S/C13H21NO/c1-9(2)15-12-7-6-11(8-10(12)3)13(4,5)14/h6-9H,14H2,1-5H3. The Bertz CT molecular complexity index is 337. The van der Waals surface area contributed by atoms with Crippen LogP contribution in [0.15, 0.2) is 18.2 Å². The second-order valence-electron chi connectivity index (χ2n) is 4.87. The van der Waals surface area contributed by atoms with Crippen LogP contribution in [-0.4, -0.2) is 6.10 Å². The second-order valence-corrected chi connectivity index (χ2v) is 4.87. The summed E-state index contributed by atoms with van der Waals surface area (Å²) in [4.78, 5) is 0. The molecule has 0 atom stereocenters. The van der Waals surface area contributed by atoms with E-state index in [-0.39, 0.29) is 11.6 Å². The van der Waals surface area contributed by atoms with Gasteiger partial charge < -0.3 is 10.5 Å². The molecule has 0 aliphatic heterocycles. The van der Waals surface area contributed by atoms with Gasteiger partial charge in [0.15, 0.2) is 0 Å². The Balaban J connectivity index is 2.98. The van der Waals surface area contributed by atoms with Crippen LogP contribution in [0, 0.1) is 6.92 Å². The van der Waals surface area contributed by atoms with E-state index in [2.05, 4.69) is 6.07 Å². The molecule has 0 saturated heterocycles. The molecule has 0 unspecified atom stereocenters. The fourth-order valence-corrected chi connectivity index (χ4v) is 1.44. The molecule has 0 aromatic heterocycles. The number of ether oxygens (including phenoxy) is 1. The highest BCUT2D eigenvalue weighted by Gasteiger charge is 2.15. The molecule has 2 nitrogen and oxygen atoms in total. The number of hydrogen-bond donors (Lipinski definition) is 1. The Morgan fingerprint density at radius 2 is 1.87 bits per heavy atom. The molecule has 0 aliphatic rings. The summed E-state index contributed by atoms with van der Waals surface area (Å²) in [6.07, 6.45) is 0.209. The topological polar surface area (TPSA) is 35.2 Å².